The maximum absolute atomic E-state index is 12.1. The molecule has 2 aromatic rings. The molecule has 1 unspecified atom stereocenters. The molecule has 120 valence electrons. The SMILES string of the molecule is CC(Oc1ccc2c(c1)OCO2)C(=O)NCCc1ccccc1. The van der Waals surface area contributed by atoms with Crippen molar-refractivity contribution in [3.8, 4) is 17.2 Å². The van der Waals surface area contributed by atoms with Gasteiger partial charge in [-0.1, -0.05) is 30.3 Å². The summed E-state index contributed by atoms with van der Waals surface area (Å²) in [6.45, 7) is 2.52. The average molecular weight is 313 g/mol. The second-order valence-corrected chi connectivity index (χ2v) is 5.30. The molecule has 0 bridgehead atoms. The highest BCUT2D eigenvalue weighted by molar-refractivity contribution is 5.80. The molecule has 0 saturated carbocycles. The van der Waals surface area contributed by atoms with Gasteiger partial charge in [0.2, 0.25) is 6.79 Å². The molecule has 1 amide bonds. The van der Waals surface area contributed by atoms with Gasteiger partial charge in [0.15, 0.2) is 17.6 Å². The van der Waals surface area contributed by atoms with Gasteiger partial charge in [0.1, 0.15) is 5.75 Å². The fourth-order valence-electron chi connectivity index (χ4n) is 2.33. The molecule has 0 radical (unpaired) electrons. The Labute approximate surface area is 135 Å². The van der Waals surface area contributed by atoms with E-state index in [0.717, 1.165) is 6.42 Å². The third-order valence-electron chi connectivity index (χ3n) is 3.58. The summed E-state index contributed by atoms with van der Waals surface area (Å²) in [4.78, 5) is 12.1. The Morgan fingerprint density at radius 3 is 2.78 bits per heavy atom. The second-order valence-electron chi connectivity index (χ2n) is 5.30. The monoisotopic (exact) mass is 313 g/mol. The Morgan fingerprint density at radius 2 is 1.96 bits per heavy atom. The molecular formula is C18H19NO4. The van der Waals surface area contributed by atoms with E-state index in [1.54, 1.807) is 25.1 Å². The van der Waals surface area contributed by atoms with Crippen molar-refractivity contribution < 1.29 is 19.0 Å². The van der Waals surface area contributed by atoms with Crippen molar-refractivity contribution in [2.24, 2.45) is 0 Å². The molecule has 23 heavy (non-hydrogen) atoms. The third-order valence-corrected chi connectivity index (χ3v) is 3.58. The number of ether oxygens (including phenoxy) is 3. The Hall–Kier alpha value is -2.69. The molecular weight excluding hydrogens is 294 g/mol. The Morgan fingerprint density at radius 1 is 1.17 bits per heavy atom. The number of nitrogens with one attached hydrogen (secondary N) is 1. The lowest BCUT2D eigenvalue weighted by Crippen LogP contribution is -2.37. The number of amides is 1. The van der Waals surface area contributed by atoms with E-state index in [1.165, 1.54) is 5.56 Å². The minimum Gasteiger partial charge on any atom is -0.481 e. The highest BCUT2D eigenvalue weighted by atomic mass is 16.7. The maximum Gasteiger partial charge on any atom is 0.260 e. The summed E-state index contributed by atoms with van der Waals surface area (Å²) in [6.07, 6.45) is 0.217. The van der Waals surface area contributed by atoms with Gasteiger partial charge < -0.3 is 19.5 Å². The van der Waals surface area contributed by atoms with Gasteiger partial charge in [-0.15, -0.1) is 0 Å². The van der Waals surface area contributed by atoms with E-state index >= 15 is 0 Å². The van der Waals surface area contributed by atoms with Crippen LogP contribution in [0.1, 0.15) is 12.5 Å². The van der Waals surface area contributed by atoms with Crippen molar-refractivity contribution >= 4 is 5.91 Å². The molecule has 0 aromatic heterocycles. The number of carbonyl (C=O) groups excluding carboxylic acids is 1. The van der Waals surface area contributed by atoms with Gasteiger partial charge in [0.25, 0.3) is 5.91 Å². The number of hydrogen-bond donors (Lipinski definition) is 1. The quantitative estimate of drug-likeness (QED) is 0.890. The molecule has 5 nitrogen and oxygen atoms in total. The predicted octanol–water partition coefficient (Wildman–Crippen LogP) is 2.54. The number of rotatable bonds is 6. The zero-order valence-electron chi connectivity index (χ0n) is 13.0. The molecule has 2 aromatic carbocycles. The first-order chi connectivity index (χ1) is 11.2. The van der Waals surface area contributed by atoms with Crippen molar-refractivity contribution in [1.29, 1.82) is 0 Å². The fraction of sp³-hybridized carbons (Fsp3) is 0.278. The number of benzene rings is 2. The Balaban J connectivity index is 1.47. The molecule has 1 aliphatic heterocycles. The van der Waals surface area contributed by atoms with Crippen LogP contribution in [0.3, 0.4) is 0 Å². The van der Waals surface area contributed by atoms with Crippen LogP contribution in [0.5, 0.6) is 17.2 Å². The van der Waals surface area contributed by atoms with Gasteiger partial charge in [0.05, 0.1) is 0 Å². The topological polar surface area (TPSA) is 56.8 Å². The van der Waals surface area contributed by atoms with Gasteiger partial charge in [-0.05, 0) is 31.0 Å². The van der Waals surface area contributed by atoms with Crippen molar-refractivity contribution in [1.82, 2.24) is 5.32 Å². The molecule has 5 heteroatoms. The highest BCUT2D eigenvalue weighted by Crippen LogP contribution is 2.35. The van der Waals surface area contributed by atoms with Crippen LogP contribution in [-0.4, -0.2) is 25.3 Å². The van der Waals surface area contributed by atoms with E-state index in [4.69, 9.17) is 14.2 Å². The van der Waals surface area contributed by atoms with E-state index in [2.05, 4.69) is 5.32 Å². The first kappa shape index (κ1) is 15.2. The van der Waals surface area contributed by atoms with Gasteiger partial charge in [0, 0.05) is 12.6 Å². The standard InChI is InChI=1S/C18H19NO4/c1-13(18(20)19-10-9-14-5-3-2-4-6-14)23-15-7-8-16-17(11-15)22-12-21-16/h2-8,11,13H,9-10,12H2,1H3,(H,19,20). The summed E-state index contributed by atoms with van der Waals surface area (Å²) in [5.74, 6) is 1.77. The van der Waals surface area contributed by atoms with Crippen LogP contribution in [0, 0.1) is 0 Å². The molecule has 0 spiro atoms. The van der Waals surface area contributed by atoms with Crippen LogP contribution in [0.25, 0.3) is 0 Å². The predicted molar refractivity (Wildman–Crippen MR) is 85.8 cm³/mol. The molecule has 3 rings (SSSR count). The van der Waals surface area contributed by atoms with Crippen LogP contribution in [0.15, 0.2) is 48.5 Å². The first-order valence-corrected chi connectivity index (χ1v) is 7.60. The Kier molecular flexibility index (Phi) is 4.66. The summed E-state index contributed by atoms with van der Waals surface area (Å²) in [5, 5.41) is 2.88. The Bertz CT molecular complexity index is 672. The van der Waals surface area contributed by atoms with Crippen molar-refractivity contribution in [2.75, 3.05) is 13.3 Å². The van der Waals surface area contributed by atoms with Gasteiger partial charge in [-0.25, -0.2) is 0 Å². The zero-order valence-corrected chi connectivity index (χ0v) is 13.0. The van der Waals surface area contributed by atoms with E-state index < -0.39 is 6.10 Å². The average Bonchev–Trinajstić information content (AvgIpc) is 3.03. The van der Waals surface area contributed by atoms with Gasteiger partial charge in [-0.2, -0.15) is 0 Å². The summed E-state index contributed by atoms with van der Waals surface area (Å²) < 4.78 is 16.2. The van der Waals surface area contributed by atoms with Crippen LogP contribution in [0.2, 0.25) is 0 Å². The largest absolute Gasteiger partial charge is 0.481 e. The summed E-state index contributed by atoms with van der Waals surface area (Å²) >= 11 is 0. The van der Waals surface area contributed by atoms with Crippen LogP contribution in [-0.2, 0) is 11.2 Å². The molecule has 1 aliphatic rings. The van der Waals surface area contributed by atoms with Crippen LogP contribution in [0.4, 0.5) is 0 Å². The van der Waals surface area contributed by atoms with E-state index in [9.17, 15) is 4.79 Å². The van der Waals surface area contributed by atoms with Crippen molar-refractivity contribution in [3.63, 3.8) is 0 Å². The summed E-state index contributed by atoms with van der Waals surface area (Å²) in [5.41, 5.74) is 1.19. The zero-order chi connectivity index (χ0) is 16.1. The third kappa shape index (κ3) is 3.94. The summed E-state index contributed by atoms with van der Waals surface area (Å²) in [7, 11) is 0. The van der Waals surface area contributed by atoms with Crippen LogP contribution >= 0.6 is 0 Å². The molecule has 0 aliphatic carbocycles. The molecule has 0 saturated heterocycles. The molecule has 1 atom stereocenters. The molecule has 0 fully saturated rings. The van der Waals surface area contributed by atoms with Crippen LogP contribution < -0.4 is 19.5 Å². The lowest BCUT2D eigenvalue weighted by atomic mass is 10.1. The minimum atomic E-state index is -0.578. The number of carbonyl (C=O) groups is 1. The first-order valence-electron chi connectivity index (χ1n) is 7.60. The smallest absolute Gasteiger partial charge is 0.260 e. The molecule has 1 heterocycles. The maximum atomic E-state index is 12.1. The van der Waals surface area contributed by atoms with Crippen molar-refractivity contribution in [3.05, 3.63) is 54.1 Å². The van der Waals surface area contributed by atoms with E-state index in [-0.39, 0.29) is 12.7 Å². The van der Waals surface area contributed by atoms with E-state index in [0.29, 0.717) is 23.8 Å². The summed E-state index contributed by atoms with van der Waals surface area (Å²) in [6, 6.07) is 15.3. The lowest BCUT2D eigenvalue weighted by molar-refractivity contribution is -0.127. The highest BCUT2D eigenvalue weighted by Gasteiger charge is 2.17. The lowest BCUT2D eigenvalue weighted by Gasteiger charge is -2.15. The van der Waals surface area contributed by atoms with Crippen molar-refractivity contribution in [2.45, 2.75) is 19.4 Å². The van der Waals surface area contributed by atoms with Gasteiger partial charge >= 0.3 is 0 Å². The fourth-order valence-corrected chi connectivity index (χ4v) is 2.33. The second kappa shape index (κ2) is 7.05. The normalized spacial score (nSPS) is 13.4. The molecule has 1 N–H and O–H groups in total. The van der Waals surface area contributed by atoms with E-state index in [1.807, 2.05) is 30.3 Å². The van der Waals surface area contributed by atoms with Gasteiger partial charge in [-0.3, -0.25) is 4.79 Å². The number of fused-ring (bicyclic) bond motifs is 1. The number of hydrogen-bond acceptors (Lipinski definition) is 4. The minimum absolute atomic E-state index is 0.140.